The molecule has 200 valence electrons. The molecular weight excluding hydrogens is 530 g/mol. The second-order valence-electron chi connectivity index (χ2n) is 9.88. The van der Waals surface area contributed by atoms with Crippen molar-refractivity contribution in [1.29, 1.82) is 0 Å². The third-order valence-electron chi connectivity index (χ3n) is 7.17. The number of aryl methyl sites for hydroxylation is 4. The van der Waals surface area contributed by atoms with Crippen molar-refractivity contribution < 1.29 is 19.6 Å². The molecule has 1 N–H and O–H groups in total. The predicted octanol–water partition coefficient (Wildman–Crippen LogP) is 5.71. The summed E-state index contributed by atoms with van der Waals surface area (Å²) in [5.41, 5.74) is 4.69. The smallest absolute Gasteiger partial charge is 0.301 e. The fourth-order valence-electron chi connectivity index (χ4n) is 5.29. The van der Waals surface area contributed by atoms with Gasteiger partial charge in [0.2, 0.25) is 0 Å². The summed E-state index contributed by atoms with van der Waals surface area (Å²) in [5.74, 6) is -2.26. The minimum absolute atomic E-state index is 0.151. The summed E-state index contributed by atoms with van der Waals surface area (Å²) in [4.78, 5) is 48.9. The van der Waals surface area contributed by atoms with E-state index in [9.17, 15) is 24.8 Å². The number of benzene rings is 2. The van der Waals surface area contributed by atoms with Crippen LogP contribution in [0.3, 0.4) is 0 Å². The monoisotopic (exact) mass is 553 g/mol. The molecular formula is C29H23N5O5S. The molecule has 6 rings (SSSR count). The van der Waals surface area contributed by atoms with Crippen LogP contribution in [-0.4, -0.2) is 36.1 Å². The molecule has 0 aliphatic carbocycles. The van der Waals surface area contributed by atoms with Crippen molar-refractivity contribution in [2.45, 2.75) is 33.7 Å². The van der Waals surface area contributed by atoms with Crippen LogP contribution >= 0.6 is 11.3 Å². The number of anilines is 1. The van der Waals surface area contributed by atoms with Crippen molar-refractivity contribution in [2.24, 2.45) is 0 Å². The van der Waals surface area contributed by atoms with Gasteiger partial charge in [0.05, 0.1) is 32.4 Å². The summed E-state index contributed by atoms with van der Waals surface area (Å²) in [7, 11) is 0. The molecule has 0 bridgehead atoms. The Morgan fingerprint density at radius 3 is 2.52 bits per heavy atom. The lowest BCUT2D eigenvalue weighted by Crippen LogP contribution is -2.29. The second-order valence-corrected chi connectivity index (χ2v) is 10.9. The first kappa shape index (κ1) is 25.4. The first-order valence-corrected chi connectivity index (χ1v) is 13.3. The average Bonchev–Trinajstić information content (AvgIpc) is 3.57. The van der Waals surface area contributed by atoms with Gasteiger partial charge in [0.15, 0.2) is 10.9 Å². The summed E-state index contributed by atoms with van der Waals surface area (Å²) in [6, 6.07) is 12.2. The van der Waals surface area contributed by atoms with Gasteiger partial charge in [-0.05, 0) is 62.1 Å². The zero-order valence-electron chi connectivity index (χ0n) is 22.0. The molecule has 5 aromatic rings. The molecule has 1 amide bonds. The topological polar surface area (TPSA) is 131 Å². The number of thiazole rings is 1. The molecule has 11 heteroatoms. The van der Waals surface area contributed by atoms with Crippen LogP contribution in [0.4, 0.5) is 10.8 Å². The van der Waals surface area contributed by atoms with Crippen LogP contribution in [0.15, 0.2) is 60.3 Å². The average molecular weight is 554 g/mol. The Balaban J connectivity index is 1.62. The maximum Gasteiger partial charge on any atom is 0.301 e. The van der Waals surface area contributed by atoms with E-state index >= 15 is 0 Å². The number of Topliss-reactive ketones (excluding diaryl/α,β-unsaturated/α-hetero) is 1. The van der Waals surface area contributed by atoms with Crippen LogP contribution in [0.1, 0.15) is 39.7 Å². The van der Waals surface area contributed by atoms with Gasteiger partial charge in [-0.2, -0.15) is 0 Å². The standard InChI is InChI=1S/C29H23N5O5S/c1-14-11-16(3)22-20(12-14)40-29(31-22)33-24(18-8-5-9-19(13-18)34(38)39)21(26(36)28(33)37)25(35)23-17(4)32-10-6-7-15(2)27(32)30-23/h5-13,24,35H,1-4H3/b25-21+. The normalized spacial score (nSPS) is 16.9. The number of hydrogen-bond donors (Lipinski definition) is 1. The first-order valence-electron chi connectivity index (χ1n) is 12.4. The molecule has 40 heavy (non-hydrogen) atoms. The molecule has 0 spiro atoms. The second kappa shape index (κ2) is 9.09. The highest BCUT2D eigenvalue weighted by Gasteiger charge is 2.49. The Morgan fingerprint density at radius 1 is 1.02 bits per heavy atom. The van der Waals surface area contributed by atoms with Crippen molar-refractivity contribution in [3.05, 3.63) is 104 Å². The quantitative estimate of drug-likeness (QED) is 0.0991. The number of aliphatic hydroxyl groups excluding tert-OH is 1. The zero-order chi connectivity index (χ0) is 28.5. The number of pyridine rings is 1. The van der Waals surface area contributed by atoms with Gasteiger partial charge in [0.1, 0.15) is 11.3 Å². The van der Waals surface area contributed by atoms with E-state index in [2.05, 4.69) is 4.98 Å². The zero-order valence-corrected chi connectivity index (χ0v) is 22.8. The molecule has 1 aliphatic heterocycles. The molecule has 1 fully saturated rings. The fourth-order valence-corrected chi connectivity index (χ4v) is 6.46. The number of carbonyl (C=O) groups is 2. The van der Waals surface area contributed by atoms with Gasteiger partial charge in [0, 0.05) is 18.3 Å². The molecule has 1 saturated heterocycles. The number of fused-ring (bicyclic) bond motifs is 2. The molecule has 1 atom stereocenters. The van der Waals surface area contributed by atoms with Gasteiger partial charge >= 0.3 is 5.91 Å². The molecule has 4 heterocycles. The number of ketones is 1. The van der Waals surface area contributed by atoms with Gasteiger partial charge in [0.25, 0.3) is 11.5 Å². The van der Waals surface area contributed by atoms with E-state index < -0.39 is 28.4 Å². The molecule has 2 aromatic carbocycles. The molecule has 1 unspecified atom stereocenters. The minimum Gasteiger partial charge on any atom is -0.505 e. The van der Waals surface area contributed by atoms with Crippen LogP contribution in [0.2, 0.25) is 0 Å². The number of carbonyl (C=O) groups excluding carboxylic acids is 2. The summed E-state index contributed by atoms with van der Waals surface area (Å²) in [6.07, 6.45) is 1.80. The summed E-state index contributed by atoms with van der Waals surface area (Å²) < 4.78 is 2.63. The number of non-ortho nitro benzene ring substituents is 1. The van der Waals surface area contributed by atoms with Crippen molar-refractivity contribution >= 4 is 55.5 Å². The van der Waals surface area contributed by atoms with Gasteiger partial charge < -0.3 is 9.51 Å². The first-order chi connectivity index (χ1) is 19.1. The van der Waals surface area contributed by atoms with Gasteiger partial charge in [-0.15, -0.1) is 0 Å². The van der Waals surface area contributed by atoms with E-state index in [4.69, 9.17) is 4.98 Å². The number of nitro groups is 1. The van der Waals surface area contributed by atoms with Gasteiger partial charge in [-0.3, -0.25) is 24.6 Å². The highest BCUT2D eigenvalue weighted by Crippen LogP contribution is 2.45. The van der Waals surface area contributed by atoms with Crippen LogP contribution in [0.5, 0.6) is 0 Å². The Morgan fingerprint density at radius 2 is 1.80 bits per heavy atom. The fraction of sp³-hybridized carbons (Fsp3) is 0.172. The lowest BCUT2D eigenvalue weighted by molar-refractivity contribution is -0.384. The Bertz CT molecular complexity index is 1950. The van der Waals surface area contributed by atoms with E-state index in [0.29, 0.717) is 22.4 Å². The maximum absolute atomic E-state index is 13.6. The third kappa shape index (κ3) is 3.77. The predicted molar refractivity (Wildman–Crippen MR) is 152 cm³/mol. The lowest BCUT2D eigenvalue weighted by atomic mass is 9.96. The summed E-state index contributed by atoms with van der Waals surface area (Å²) in [5, 5.41) is 23.5. The van der Waals surface area contributed by atoms with Gasteiger partial charge in [-0.25, -0.2) is 9.97 Å². The van der Waals surface area contributed by atoms with Gasteiger partial charge in [-0.1, -0.05) is 35.6 Å². The molecule has 0 saturated carbocycles. The Kier molecular flexibility index (Phi) is 5.77. The van der Waals surface area contributed by atoms with Crippen molar-refractivity contribution in [3.63, 3.8) is 0 Å². The van der Waals surface area contributed by atoms with Crippen LogP contribution in [0.25, 0.3) is 21.6 Å². The van der Waals surface area contributed by atoms with Crippen LogP contribution in [-0.2, 0) is 9.59 Å². The van der Waals surface area contributed by atoms with Crippen LogP contribution < -0.4 is 4.90 Å². The highest BCUT2D eigenvalue weighted by molar-refractivity contribution is 7.22. The van der Waals surface area contributed by atoms with E-state index in [1.54, 1.807) is 23.6 Å². The van der Waals surface area contributed by atoms with Crippen molar-refractivity contribution in [2.75, 3.05) is 4.90 Å². The van der Waals surface area contributed by atoms with E-state index in [0.717, 1.165) is 21.4 Å². The number of imidazole rings is 1. The largest absolute Gasteiger partial charge is 0.505 e. The van der Waals surface area contributed by atoms with E-state index in [-0.39, 0.29) is 22.1 Å². The molecule has 10 nitrogen and oxygen atoms in total. The molecule has 0 radical (unpaired) electrons. The Labute approximate surface area is 232 Å². The SMILES string of the molecule is Cc1cc(C)c2nc(N3C(=O)C(=O)/C(=C(/O)c4nc5c(C)cccn5c4C)C3c3cccc([N+](=O)[O-])c3)sc2c1. The number of aromatic nitrogens is 3. The summed E-state index contributed by atoms with van der Waals surface area (Å²) >= 11 is 1.24. The van der Waals surface area contributed by atoms with Crippen LogP contribution in [0, 0.1) is 37.8 Å². The number of nitrogens with zero attached hydrogens (tertiary/aromatic N) is 5. The van der Waals surface area contributed by atoms with E-state index in [1.807, 2.05) is 45.0 Å². The highest BCUT2D eigenvalue weighted by atomic mass is 32.1. The Hall–Kier alpha value is -4.90. The molecule has 1 aliphatic rings. The number of hydrogen-bond acceptors (Lipinski definition) is 8. The van der Waals surface area contributed by atoms with Crippen molar-refractivity contribution in [3.8, 4) is 0 Å². The number of rotatable bonds is 4. The summed E-state index contributed by atoms with van der Waals surface area (Å²) in [6.45, 7) is 7.51. The third-order valence-corrected chi connectivity index (χ3v) is 8.18. The minimum atomic E-state index is -1.16. The number of nitro benzene ring substituents is 1. The lowest BCUT2D eigenvalue weighted by Gasteiger charge is -2.22. The number of aliphatic hydroxyl groups is 1. The number of amides is 1. The molecule has 3 aromatic heterocycles. The van der Waals surface area contributed by atoms with E-state index in [1.165, 1.54) is 34.4 Å². The van der Waals surface area contributed by atoms with Crippen molar-refractivity contribution in [1.82, 2.24) is 14.4 Å². The maximum atomic E-state index is 13.6.